The predicted molar refractivity (Wildman–Crippen MR) is 81.7 cm³/mol. The van der Waals surface area contributed by atoms with E-state index >= 15 is 0 Å². The summed E-state index contributed by atoms with van der Waals surface area (Å²) in [6.45, 7) is 2.74. The Hall–Kier alpha value is -2.29. The molecule has 9 heteroatoms. The molecular formula is C15H21F3N3O3+. The van der Waals surface area contributed by atoms with E-state index in [1.165, 1.54) is 12.1 Å². The molecule has 134 valence electrons. The second-order valence-electron chi connectivity index (χ2n) is 5.28. The van der Waals surface area contributed by atoms with Crippen molar-refractivity contribution in [2.24, 2.45) is 0 Å². The maximum atomic E-state index is 12.0. The van der Waals surface area contributed by atoms with Crippen LogP contribution in [-0.4, -0.2) is 44.9 Å². The summed E-state index contributed by atoms with van der Waals surface area (Å²) in [5.41, 5.74) is 0.345. The van der Waals surface area contributed by atoms with Crippen LogP contribution >= 0.6 is 0 Å². The highest BCUT2D eigenvalue weighted by Crippen LogP contribution is 2.23. The minimum absolute atomic E-state index is 0.0559. The van der Waals surface area contributed by atoms with Gasteiger partial charge in [0.1, 0.15) is 5.75 Å². The first kappa shape index (κ1) is 19.8. The summed E-state index contributed by atoms with van der Waals surface area (Å²) in [6, 6.07) is 4.83. The molecule has 0 heterocycles. The minimum atomic E-state index is -4.75. The lowest BCUT2D eigenvalue weighted by atomic mass is 10.3. The largest absolute Gasteiger partial charge is 0.573 e. The maximum absolute atomic E-state index is 12.0. The molecule has 1 atom stereocenters. The van der Waals surface area contributed by atoms with Crippen molar-refractivity contribution in [3.05, 3.63) is 24.3 Å². The molecule has 1 aromatic carbocycles. The summed E-state index contributed by atoms with van der Waals surface area (Å²) in [7, 11) is 1.70. The van der Waals surface area contributed by atoms with Gasteiger partial charge in [-0.05, 0) is 30.7 Å². The van der Waals surface area contributed by atoms with Gasteiger partial charge in [0.25, 0.3) is 11.8 Å². The molecule has 0 bridgehead atoms. The Labute approximate surface area is 138 Å². The molecule has 24 heavy (non-hydrogen) atoms. The van der Waals surface area contributed by atoms with Crippen LogP contribution in [0.3, 0.4) is 0 Å². The number of anilines is 1. The summed E-state index contributed by atoms with van der Waals surface area (Å²) in [5, 5.41) is 5.26. The highest BCUT2D eigenvalue weighted by atomic mass is 19.4. The summed E-state index contributed by atoms with van der Waals surface area (Å²) in [6.07, 6.45) is -3.92. The molecule has 1 rings (SSSR count). The number of carbonyl (C=O) groups is 2. The van der Waals surface area contributed by atoms with Crippen molar-refractivity contribution < 1.29 is 32.4 Å². The van der Waals surface area contributed by atoms with Crippen LogP contribution in [0.25, 0.3) is 0 Å². The fourth-order valence-corrected chi connectivity index (χ4v) is 1.88. The number of rotatable bonds is 8. The number of quaternary nitrogens is 1. The molecule has 0 saturated heterocycles. The highest BCUT2D eigenvalue weighted by Gasteiger charge is 2.30. The third-order valence-corrected chi connectivity index (χ3v) is 2.87. The zero-order valence-electron chi connectivity index (χ0n) is 13.5. The average Bonchev–Trinajstić information content (AvgIpc) is 2.45. The Morgan fingerprint density at radius 2 is 1.71 bits per heavy atom. The first-order chi connectivity index (χ1) is 11.2. The van der Waals surface area contributed by atoms with Gasteiger partial charge in [-0.3, -0.25) is 9.59 Å². The van der Waals surface area contributed by atoms with Crippen LogP contribution in [0.1, 0.15) is 13.3 Å². The minimum Gasteiger partial charge on any atom is -0.406 e. The Morgan fingerprint density at radius 1 is 1.12 bits per heavy atom. The Bertz CT molecular complexity index is 547. The number of carbonyl (C=O) groups excluding carboxylic acids is 2. The van der Waals surface area contributed by atoms with Gasteiger partial charge in [0.15, 0.2) is 13.1 Å². The molecule has 1 aromatic rings. The maximum Gasteiger partial charge on any atom is 0.573 e. The van der Waals surface area contributed by atoms with Gasteiger partial charge < -0.3 is 20.3 Å². The van der Waals surface area contributed by atoms with Crippen LogP contribution in [0.5, 0.6) is 5.75 Å². The van der Waals surface area contributed by atoms with Crippen molar-refractivity contribution in [1.29, 1.82) is 0 Å². The smallest absolute Gasteiger partial charge is 0.406 e. The summed E-state index contributed by atoms with van der Waals surface area (Å²) < 4.78 is 39.9. The van der Waals surface area contributed by atoms with E-state index in [1.807, 2.05) is 6.92 Å². The van der Waals surface area contributed by atoms with E-state index < -0.39 is 6.36 Å². The lowest BCUT2D eigenvalue weighted by Gasteiger charge is -2.14. The molecule has 0 saturated carbocycles. The molecule has 0 aliphatic rings. The number of alkyl halides is 3. The molecule has 0 fully saturated rings. The van der Waals surface area contributed by atoms with E-state index in [9.17, 15) is 22.8 Å². The van der Waals surface area contributed by atoms with Crippen LogP contribution in [0.2, 0.25) is 0 Å². The third kappa shape index (κ3) is 8.37. The first-order valence-electron chi connectivity index (χ1n) is 7.43. The molecule has 0 aromatic heterocycles. The number of likely N-dealkylation sites (N-methyl/N-ethyl adjacent to an activating group) is 1. The molecule has 0 aliphatic heterocycles. The fraction of sp³-hybridized carbons (Fsp3) is 0.467. The number of halogens is 3. The Balaban J connectivity index is 2.43. The Kier molecular flexibility index (Phi) is 7.50. The highest BCUT2D eigenvalue weighted by molar-refractivity contribution is 5.91. The van der Waals surface area contributed by atoms with E-state index in [1.54, 1.807) is 7.05 Å². The zero-order valence-corrected chi connectivity index (χ0v) is 13.5. The lowest BCUT2D eigenvalue weighted by Crippen LogP contribution is -3.11. The van der Waals surface area contributed by atoms with Crippen LogP contribution in [0.4, 0.5) is 18.9 Å². The van der Waals surface area contributed by atoms with E-state index in [4.69, 9.17) is 0 Å². The van der Waals surface area contributed by atoms with Crippen LogP contribution < -0.4 is 20.3 Å². The van der Waals surface area contributed by atoms with Gasteiger partial charge in [-0.25, -0.2) is 0 Å². The second-order valence-corrected chi connectivity index (χ2v) is 5.28. The molecule has 0 spiro atoms. The summed E-state index contributed by atoms with van der Waals surface area (Å²) in [4.78, 5) is 24.1. The number of nitrogens with one attached hydrogen (secondary N) is 3. The molecule has 2 amide bonds. The zero-order chi connectivity index (χ0) is 18.2. The van der Waals surface area contributed by atoms with E-state index in [-0.39, 0.29) is 30.7 Å². The number of hydrogen-bond acceptors (Lipinski definition) is 3. The predicted octanol–water partition coefficient (Wildman–Crippen LogP) is 0.565. The van der Waals surface area contributed by atoms with Gasteiger partial charge >= 0.3 is 6.36 Å². The Morgan fingerprint density at radius 3 is 2.25 bits per heavy atom. The van der Waals surface area contributed by atoms with Crippen LogP contribution in [0, 0.1) is 0 Å². The van der Waals surface area contributed by atoms with Crippen LogP contribution in [0.15, 0.2) is 24.3 Å². The average molecular weight is 348 g/mol. The topological polar surface area (TPSA) is 71.9 Å². The van der Waals surface area contributed by atoms with Crippen molar-refractivity contribution in [2.45, 2.75) is 19.7 Å². The van der Waals surface area contributed by atoms with Crippen molar-refractivity contribution in [1.82, 2.24) is 5.32 Å². The molecule has 0 radical (unpaired) electrons. The van der Waals surface area contributed by atoms with E-state index in [0.717, 1.165) is 18.6 Å². The summed E-state index contributed by atoms with van der Waals surface area (Å²) in [5.74, 6) is -0.855. The molecule has 6 nitrogen and oxygen atoms in total. The molecular weight excluding hydrogens is 327 g/mol. The molecule has 1 unspecified atom stereocenters. The number of benzene rings is 1. The van der Waals surface area contributed by atoms with Gasteiger partial charge in [0.2, 0.25) is 0 Å². The normalized spacial score (nSPS) is 12.4. The van der Waals surface area contributed by atoms with Crippen molar-refractivity contribution in [3.63, 3.8) is 0 Å². The van der Waals surface area contributed by atoms with Gasteiger partial charge in [0.05, 0.1) is 7.05 Å². The van der Waals surface area contributed by atoms with Crippen molar-refractivity contribution >= 4 is 17.5 Å². The van der Waals surface area contributed by atoms with Gasteiger partial charge in [-0.15, -0.1) is 13.2 Å². The van der Waals surface area contributed by atoms with E-state index in [0.29, 0.717) is 17.1 Å². The van der Waals surface area contributed by atoms with Gasteiger partial charge in [0, 0.05) is 12.2 Å². The quantitative estimate of drug-likeness (QED) is 0.643. The standard InChI is InChI=1S/C15H20F3N3O3/c1-3-8-19-13(22)9-21(2)10-14(23)20-11-4-6-12(7-5-11)24-15(16,17)18/h4-7H,3,8-10H2,1-2H3,(H,19,22)(H,20,23)/p+1. The summed E-state index contributed by atoms with van der Waals surface area (Å²) >= 11 is 0. The van der Waals surface area contributed by atoms with Gasteiger partial charge in [-0.2, -0.15) is 0 Å². The SMILES string of the molecule is CCCNC(=O)C[NH+](C)CC(=O)Nc1ccc(OC(F)(F)F)cc1. The number of amides is 2. The lowest BCUT2D eigenvalue weighted by molar-refractivity contribution is -0.862. The number of ether oxygens (including phenoxy) is 1. The third-order valence-electron chi connectivity index (χ3n) is 2.87. The van der Waals surface area contributed by atoms with Crippen LogP contribution in [-0.2, 0) is 9.59 Å². The van der Waals surface area contributed by atoms with Crippen molar-refractivity contribution in [2.75, 3.05) is 32.0 Å². The van der Waals surface area contributed by atoms with Gasteiger partial charge in [-0.1, -0.05) is 6.92 Å². The van der Waals surface area contributed by atoms with Crippen molar-refractivity contribution in [3.8, 4) is 5.75 Å². The number of hydrogen-bond donors (Lipinski definition) is 3. The fourth-order valence-electron chi connectivity index (χ4n) is 1.88. The molecule has 0 aliphatic carbocycles. The first-order valence-corrected chi connectivity index (χ1v) is 7.43. The molecule has 3 N–H and O–H groups in total. The van der Waals surface area contributed by atoms with E-state index in [2.05, 4.69) is 15.4 Å². The monoisotopic (exact) mass is 348 g/mol. The second kappa shape index (κ2) is 9.11.